The predicted molar refractivity (Wildman–Crippen MR) is 173 cm³/mol. The van der Waals surface area contributed by atoms with Gasteiger partial charge in [0.15, 0.2) is 0 Å². The molecule has 0 saturated heterocycles. The fraction of sp³-hybridized carbons (Fsp3) is 0.515. The van der Waals surface area contributed by atoms with E-state index in [1.807, 2.05) is 29.8 Å². The average Bonchev–Trinajstić information content (AvgIpc) is 3.77. The van der Waals surface area contributed by atoms with E-state index in [4.69, 9.17) is 28.2 Å². The molecule has 6 N–H and O–H groups in total. The van der Waals surface area contributed by atoms with Gasteiger partial charge in [0.2, 0.25) is 6.41 Å². The predicted octanol–water partition coefficient (Wildman–Crippen LogP) is 5.22. The summed E-state index contributed by atoms with van der Waals surface area (Å²) in [6, 6.07) is 16.5. The third-order valence-electron chi connectivity index (χ3n) is 8.88. The molecule has 10 heteroatoms. The molecule has 2 aromatic rings. The number of carbonyl (C=O) groups excluding carboxylic acids is 2. The van der Waals surface area contributed by atoms with Crippen molar-refractivity contribution in [2.45, 2.75) is 84.3 Å². The van der Waals surface area contributed by atoms with Gasteiger partial charge in [0, 0.05) is 23.6 Å². The van der Waals surface area contributed by atoms with Gasteiger partial charge < -0.3 is 16.0 Å². The number of nitrogens with one attached hydrogen (secondary N) is 2. The number of aliphatic imine (C=N–C) groups is 1. The minimum Gasteiger partial charge on any atom is -0.386 e. The summed E-state index contributed by atoms with van der Waals surface area (Å²) in [5.41, 5.74) is 11.1. The maximum absolute atomic E-state index is 14.1. The summed E-state index contributed by atoms with van der Waals surface area (Å²) in [4.78, 5) is 31.3. The number of amides is 2. The Morgan fingerprint density at radius 3 is 2.40 bits per heavy atom. The van der Waals surface area contributed by atoms with Crippen molar-refractivity contribution in [1.29, 1.82) is 0 Å². The van der Waals surface area contributed by atoms with Gasteiger partial charge in [-0.15, -0.1) is 0 Å². The zero-order valence-corrected chi connectivity index (χ0v) is 26.5. The van der Waals surface area contributed by atoms with E-state index in [2.05, 4.69) is 67.3 Å². The molecule has 0 aromatic heterocycles. The molecule has 2 aromatic carbocycles. The van der Waals surface area contributed by atoms with Gasteiger partial charge in [-0.2, -0.15) is 5.10 Å². The first kappa shape index (κ1) is 32.5. The van der Waals surface area contributed by atoms with Crippen LogP contribution in [-0.4, -0.2) is 41.0 Å². The standard InChI is InChI=1S/C29H35ClN2O.C4H11N5O/c1-19-8-10-20(11-9-19)26(21-12-13-21)32-27(33)25(22-6-5-7-24(30)18-22)31-29(32)16-14-23(15-17-29)28(2,3)4;5-4(8-9-6)1-2-7-3-10/h5-11,18,21,23,26H,12-17H2,1-4H3;3,9H,1-2,6H2,(H2,5,8)(H,7,10). The zero-order chi connectivity index (χ0) is 31.2. The molecule has 0 bridgehead atoms. The number of hydrogen-bond acceptors (Lipinski definition) is 6. The third-order valence-corrected chi connectivity index (χ3v) is 9.12. The lowest BCUT2D eigenvalue weighted by atomic mass is 9.69. The van der Waals surface area contributed by atoms with Gasteiger partial charge in [0.1, 0.15) is 17.2 Å². The van der Waals surface area contributed by atoms with E-state index in [1.54, 1.807) is 0 Å². The zero-order valence-electron chi connectivity index (χ0n) is 25.8. The van der Waals surface area contributed by atoms with Gasteiger partial charge in [0.05, 0.1) is 6.04 Å². The molecule has 9 nitrogen and oxygen atoms in total. The highest BCUT2D eigenvalue weighted by Gasteiger charge is 2.55. The largest absolute Gasteiger partial charge is 0.386 e. The van der Waals surface area contributed by atoms with Crippen molar-refractivity contribution in [3.63, 3.8) is 0 Å². The van der Waals surface area contributed by atoms with E-state index in [0.29, 0.717) is 47.8 Å². The molecular formula is C33H46ClN7O2. The van der Waals surface area contributed by atoms with Crippen LogP contribution in [-0.2, 0) is 9.59 Å². The van der Waals surface area contributed by atoms with Crippen molar-refractivity contribution >= 4 is 35.5 Å². The van der Waals surface area contributed by atoms with E-state index in [1.165, 1.54) is 24.0 Å². The van der Waals surface area contributed by atoms with Crippen molar-refractivity contribution < 1.29 is 9.59 Å². The van der Waals surface area contributed by atoms with Crippen LogP contribution >= 0.6 is 11.6 Å². The number of carbonyl (C=O) groups is 2. The van der Waals surface area contributed by atoms with Gasteiger partial charge in [-0.25, -0.2) is 11.4 Å². The Kier molecular flexibility index (Phi) is 10.5. The number of hydrazone groups is 1. The lowest BCUT2D eigenvalue weighted by Crippen LogP contribution is -2.52. The number of amidine groups is 1. The molecule has 5 rings (SSSR count). The minimum absolute atomic E-state index is 0.0731. The first-order valence-electron chi connectivity index (χ1n) is 15.2. The summed E-state index contributed by atoms with van der Waals surface area (Å²) in [6.07, 6.45) is 7.51. The maximum atomic E-state index is 14.1. The fourth-order valence-corrected chi connectivity index (χ4v) is 6.52. The Bertz CT molecular complexity index is 1320. The van der Waals surface area contributed by atoms with Crippen LogP contribution < -0.4 is 22.4 Å². The highest BCUT2D eigenvalue weighted by atomic mass is 35.5. The van der Waals surface area contributed by atoms with Crippen LogP contribution in [0.15, 0.2) is 58.6 Å². The molecule has 2 fully saturated rings. The van der Waals surface area contributed by atoms with E-state index in [0.717, 1.165) is 31.2 Å². The molecule has 3 aliphatic rings. The smallest absolute Gasteiger partial charge is 0.275 e. The van der Waals surface area contributed by atoms with Crippen molar-refractivity contribution in [2.75, 3.05) is 6.54 Å². The Hall–Kier alpha value is -3.43. The third kappa shape index (κ3) is 7.95. The number of benzene rings is 2. The Morgan fingerprint density at radius 2 is 1.84 bits per heavy atom. The number of aryl methyl sites for hydroxylation is 1. The topological polar surface area (TPSA) is 138 Å². The fourth-order valence-electron chi connectivity index (χ4n) is 6.33. The minimum atomic E-state index is -0.450. The molecule has 2 saturated carbocycles. The molecule has 1 atom stereocenters. The van der Waals surface area contributed by atoms with Crippen molar-refractivity contribution in [3.8, 4) is 0 Å². The van der Waals surface area contributed by atoms with Crippen molar-refractivity contribution in [3.05, 3.63) is 70.2 Å². The summed E-state index contributed by atoms with van der Waals surface area (Å²) in [5, 5.41) is 6.53. The highest BCUT2D eigenvalue weighted by Crippen LogP contribution is 2.54. The van der Waals surface area contributed by atoms with Gasteiger partial charge in [-0.05, 0) is 80.4 Å². The van der Waals surface area contributed by atoms with Crippen LogP contribution in [0.3, 0.4) is 0 Å². The molecule has 2 aliphatic carbocycles. The van der Waals surface area contributed by atoms with Crippen LogP contribution in [0.2, 0.25) is 5.02 Å². The second kappa shape index (κ2) is 13.9. The Labute approximate surface area is 260 Å². The van der Waals surface area contributed by atoms with Crippen LogP contribution in [0.25, 0.3) is 0 Å². The molecule has 1 spiro atoms. The van der Waals surface area contributed by atoms with Crippen molar-refractivity contribution in [1.82, 2.24) is 15.8 Å². The molecule has 1 heterocycles. The van der Waals surface area contributed by atoms with Gasteiger partial charge in [-0.3, -0.25) is 14.6 Å². The number of nitrogens with two attached hydrogens (primary N) is 2. The van der Waals surface area contributed by atoms with Crippen LogP contribution in [0.1, 0.15) is 88.4 Å². The Morgan fingerprint density at radius 1 is 1.16 bits per heavy atom. The quantitative estimate of drug-likeness (QED) is 0.0773. The van der Waals surface area contributed by atoms with E-state index in [9.17, 15) is 9.59 Å². The maximum Gasteiger partial charge on any atom is 0.275 e. The average molecular weight is 608 g/mol. The molecule has 2 amide bonds. The van der Waals surface area contributed by atoms with E-state index >= 15 is 0 Å². The van der Waals surface area contributed by atoms with E-state index in [-0.39, 0.29) is 17.4 Å². The lowest BCUT2D eigenvalue weighted by molar-refractivity contribution is -0.134. The summed E-state index contributed by atoms with van der Waals surface area (Å²) in [5.74, 6) is 6.43. The van der Waals surface area contributed by atoms with Crippen molar-refractivity contribution in [2.24, 2.45) is 38.9 Å². The number of hydrogen-bond donors (Lipinski definition) is 4. The second-order valence-electron chi connectivity index (χ2n) is 13.0. The Balaban J connectivity index is 0.000000365. The number of rotatable bonds is 9. The highest BCUT2D eigenvalue weighted by molar-refractivity contribution is 6.47. The van der Waals surface area contributed by atoms with Crippen LogP contribution in [0.5, 0.6) is 0 Å². The van der Waals surface area contributed by atoms with Crippen LogP contribution in [0.4, 0.5) is 0 Å². The number of hydrazine groups is 1. The van der Waals surface area contributed by atoms with E-state index < -0.39 is 5.66 Å². The summed E-state index contributed by atoms with van der Waals surface area (Å²) >= 11 is 6.31. The monoisotopic (exact) mass is 607 g/mol. The molecule has 1 aliphatic heterocycles. The van der Waals surface area contributed by atoms with Gasteiger partial charge in [-0.1, -0.05) is 74.3 Å². The number of halogens is 1. The molecule has 232 valence electrons. The van der Waals surface area contributed by atoms with Gasteiger partial charge >= 0.3 is 0 Å². The summed E-state index contributed by atoms with van der Waals surface area (Å²) < 4.78 is 0. The van der Waals surface area contributed by atoms with Gasteiger partial charge in [0.25, 0.3) is 5.91 Å². The summed E-state index contributed by atoms with van der Waals surface area (Å²) in [7, 11) is 0. The SMILES string of the molecule is Cc1ccc(C(C2CC2)N2C(=O)C(c3cccc(Cl)c3)=NC23CCC(C(C)(C)C)CC3)cc1.NN/N=C(\N)CCNC=O. The second-order valence-corrected chi connectivity index (χ2v) is 13.5. The van der Waals surface area contributed by atoms with Crippen LogP contribution in [0, 0.1) is 24.2 Å². The number of nitrogens with zero attached hydrogens (tertiary/aromatic N) is 3. The molecular weight excluding hydrogens is 562 g/mol. The lowest BCUT2D eigenvalue weighted by Gasteiger charge is -2.47. The first-order valence-corrected chi connectivity index (χ1v) is 15.6. The molecule has 43 heavy (non-hydrogen) atoms. The summed E-state index contributed by atoms with van der Waals surface area (Å²) in [6.45, 7) is 9.61. The molecule has 0 radical (unpaired) electrons. The first-order chi connectivity index (χ1) is 20.5. The normalized spacial score (nSPS) is 22.9. The molecule has 1 unspecified atom stereocenters.